The van der Waals surface area contributed by atoms with Gasteiger partial charge in [-0.05, 0) is 13.8 Å². The van der Waals surface area contributed by atoms with Crippen molar-refractivity contribution in [2.45, 2.75) is 26.4 Å². The number of nitrogens with zero attached hydrogens (tertiary/aromatic N) is 1. The third-order valence-electron chi connectivity index (χ3n) is 1.66. The van der Waals surface area contributed by atoms with Crippen molar-refractivity contribution in [1.29, 1.82) is 0 Å². The summed E-state index contributed by atoms with van der Waals surface area (Å²) in [6.07, 6.45) is 5.22. The number of aromatic nitrogens is 1. The zero-order chi connectivity index (χ0) is 8.97. The average molecular weight is 180 g/mol. The number of thiazole rings is 1. The number of rotatable bonds is 3. The fourth-order valence-electron chi connectivity index (χ4n) is 0.801. The first-order valence-electron chi connectivity index (χ1n) is 3.82. The van der Waals surface area contributed by atoms with E-state index in [0.717, 1.165) is 12.2 Å². The predicted molar refractivity (Wildman–Crippen MR) is 52.0 cm³/mol. The smallest absolute Gasteiger partial charge is 0.0798 e. The van der Waals surface area contributed by atoms with Crippen LogP contribution in [0.1, 0.15) is 17.5 Å². The van der Waals surface area contributed by atoms with Crippen molar-refractivity contribution in [2.24, 2.45) is 0 Å². The van der Waals surface area contributed by atoms with E-state index in [9.17, 15) is 0 Å². The van der Waals surface area contributed by atoms with E-state index >= 15 is 0 Å². The molecule has 1 heterocycles. The first kappa shape index (κ1) is 9.24. The molecular formula is C9H12N2S. The highest BCUT2D eigenvalue weighted by molar-refractivity contribution is 7.09. The van der Waals surface area contributed by atoms with E-state index in [1.165, 1.54) is 4.88 Å². The fraction of sp³-hybridized carbons (Fsp3) is 0.444. The molecule has 0 fully saturated rings. The van der Waals surface area contributed by atoms with E-state index in [2.05, 4.69) is 16.2 Å². The zero-order valence-corrected chi connectivity index (χ0v) is 8.11. The van der Waals surface area contributed by atoms with Gasteiger partial charge < -0.3 is 0 Å². The van der Waals surface area contributed by atoms with Crippen molar-refractivity contribution < 1.29 is 0 Å². The molecule has 0 bridgehead atoms. The molecule has 0 aromatic carbocycles. The van der Waals surface area contributed by atoms with Crippen LogP contribution in [0.3, 0.4) is 0 Å². The summed E-state index contributed by atoms with van der Waals surface area (Å²) in [5.74, 6) is 2.62. The monoisotopic (exact) mass is 180 g/mol. The van der Waals surface area contributed by atoms with E-state index in [-0.39, 0.29) is 6.04 Å². The van der Waals surface area contributed by atoms with Gasteiger partial charge in [-0.25, -0.2) is 4.98 Å². The summed E-state index contributed by atoms with van der Waals surface area (Å²) >= 11 is 1.66. The molecule has 0 saturated carbocycles. The minimum atomic E-state index is 0.131. The third kappa shape index (κ3) is 2.33. The summed E-state index contributed by atoms with van der Waals surface area (Å²) < 4.78 is 0. The van der Waals surface area contributed by atoms with E-state index in [0.29, 0.717) is 0 Å². The van der Waals surface area contributed by atoms with Crippen molar-refractivity contribution in [3.05, 3.63) is 16.1 Å². The Balaban J connectivity index is 2.44. The summed E-state index contributed by atoms with van der Waals surface area (Å²) in [4.78, 5) is 5.41. The van der Waals surface area contributed by atoms with Crippen molar-refractivity contribution in [3.63, 3.8) is 0 Å². The third-order valence-corrected chi connectivity index (χ3v) is 2.60. The molecule has 1 N–H and O–H groups in total. The lowest BCUT2D eigenvalue weighted by molar-refractivity contribution is 0.651. The molecule has 0 saturated heterocycles. The molecular weight excluding hydrogens is 168 g/mol. The molecule has 1 unspecified atom stereocenters. The van der Waals surface area contributed by atoms with Crippen LogP contribution >= 0.6 is 11.3 Å². The minimum Gasteiger partial charge on any atom is -0.299 e. The van der Waals surface area contributed by atoms with Gasteiger partial charge in [0.05, 0.1) is 17.2 Å². The standard InChI is InChI=1S/C9H12N2S/c1-4-7(2)10-5-9-8(3)11-6-12-9/h1,6-7,10H,5H2,2-3H3. The van der Waals surface area contributed by atoms with Crippen molar-refractivity contribution in [1.82, 2.24) is 10.3 Å². The summed E-state index contributed by atoms with van der Waals surface area (Å²) in [6.45, 7) is 4.80. The number of hydrogen-bond donors (Lipinski definition) is 1. The van der Waals surface area contributed by atoms with Crippen LogP contribution in [0.5, 0.6) is 0 Å². The zero-order valence-electron chi connectivity index (χ0n) is 7.29. The molecule has 12 heavy (non-hydrogen) atoms. The molecule has 1 aromatic rings. The van der Waals surface area contributed by atoms with Crippen LogP contribution in [0.25, 0.3) is 0 Å². The topological polar surface area (TPSA) is 24.9 Å². The second kappa shape index (κ2) is 4.24. The summed E-state index contributed by atoms with van der Waals surface area (Å²) in [5, 5.41) is 3.21. The highest BCUT2D eigenvalue weighted by Gasteiger charge is 2.01. The van der Waals surface area contributed by atoms with Gasteiger partial charge in [0.1, 0.15) is 0 Å². The van der Waals surface area contributed by atoms with Gasteiger partial charge in [0.15, 0.2) is 0 Å². The Hall–Kier alpha value is -0.850. The quantitative estimate of drug-likeness (QED) is 0.714. The SMILES string of the molecule is C#CC(C)NCc1scnc1C. The van der Waals surface area contributed by atoms with Crippen LogP contribution < -0.4 is 5.32 Å². The molecule has 0 aliphatic heterocycles. The molecule has 1 atom stereocenters. The summed E-state index contributed by atoms with van der Waals surface area (Å²) in [7, 11) is 0. The lowest BCUT2D eigenvalue weighted by Gasteiger charge is -2.05. The maximum atomic E-state index is 5.22. The van der Waals surface area contributed by atoms with E-state index in [1.807, 2.05) is 19.4 Å². The van der Waals surface area contributed by atoms with E-state index < -0.39 is 0 Å². The molecule has 0 aliphatic carbocycles. The first-order chi connectivity index (χ1) is 5.74. The van der Waals surface area contributed by atoms with Gasteiger partial charge in [-0.1, -0.05) is 5.92 Å². The average Bonchev–Trinajstić information content (AvgIpc) is 2.47. The minimum absolute atomic E-state index is 0.131. The van der Waals surface area contributed by atoms with Crippen LogP contribution in [0.15, 0.2) is 5.51 Å². The molecule has 0 spiro atoms. The molecule has 1 aromatic heterocycles. The molecule has 0 amide bonds. The Labute approximate surface area is 77.0 Å². The lowest BCUT2D eigenvalue weighted by Crippen LogP contribution is -2.23. The Morgan fingerprint density at radius 2 is 2.58 bits per heavy atom. The van der Waals surface area contributed by atoms with Gasteiger partial charge in [-0.15, -0.1) is 17.8 Å². The van der Waals surface area contributed by atoms with Gasteiger partial charge in [0.25, 0.3) is 0 Å². The van der Waals surface area contributed by atoms with Gasteiger partial charge in [-0.2, -0.15) is 0 Å². The van der Waals surface area contributed by atoms with Crippen LogP contribution in [-0.4, -0.2) is 11.0 Å². The van der Waals surface area contributed by atoms with E-state index in [4.69, 9.17) is 6.42 Å². The Morgan fingerprint density at radius 1 is 1.83 bits per heavy atom. The predicted octanol–water partition coefficient (Wildman–Crippen LogP) is 1.56. The number of hydrogen-bond acceptors (Lipinski definition) is 3. The molecule has 1 rings (SSSR count). The molecule has 2 nitrogen and oxygen atoms in total. The summed E-state index contributed by atoms with van der Waals surface area (Å²) in [6, 6.07) is 0.131. The highest BCUT2D eigenvalue weighted by Crippen LogP contribution is 2.11. The van der Waals surface area contributed by atoms with Gasteiger partial charge in [-0.3, -0.25) is 5.32 Å². The number of nitrogens with one attached hydrogen (secondary N) is 1. The van der Waals surface area contributed by atoms with Gasteiger partial charge in [0.2, 0.25) is 0 Å². The van der Waals surface area contributed by atoms with E-state index in [1.54, 1.807) is 11.3 Å². The number of aryl methyl sites for hydroxylation is 1. The van der Waals surface area contributed by atoms with Gasteiger partial charge >= 0.3 is 0 Å². The molecule has 0 radical (unpaired) electrons. The van der Waals surface area contributed by atoms with Crippen molar-refractivity contribution in [3.8, 4) is 12.3 Å². The number of terminal acetylenes is 1. The Bertz CT molecular complexity index is 285. The Morgan fingerprint density at radius 3 is 3.08 bits per heavy atom. The van der Waals surface area contributed by atoms with Crippen LogP contribution in [0, 0.1) is 19.3 Å². The summed E-state index contributed by atoms with van der Waals surface area (Å²) in [5.41, 5.74) is 2.95. The first-order valence-corrected chi connectivity index (χ1v) is 4.70. The normalized spacial score (nSPS) is 12.4. The molecule has 64 valence electrons. The second-order valence-electron chi connectivity index (χ2n) is 2.63. The van der Waals surface area contributed by atoms with Crippen molar-refractivity contribution in [2.75, 3.05) is 0 Å². The fourth-order valence-corrected chi connectivity index (χ4v) is 1.53. The second-order valence-corrected chi connectivity index (χ2v) is 3.57. The van der Waals surface area contributed by atoms with Crippen LogP contribution in [-0.2, 0) is 6.54 Å². The Kier molecular flexibility index (Phi) is 3.27. The lowest BCUT2D eigenvalue weighted by atomic mass is 10.3. The maximum Gasteiger partial charge on any atom is 0.0798 e. The van der Waals surface area contributed by atoms with Crippen LogP contribution in [0.4, 0.5) is 0 Å². The maximum absolute atomic E-state index is 5.22. The van der Waals surface area contributed by atoms with Crippen LogP contribution in [0.2, 0.25) is 0 Å². The van der Waals surface area contributed by atoms with Crippen molar-refractivity contribution >= 4 is 11.3 Å². The van der Waals surface area contributed by atoms with Gasteiger partial charge in [0, 0.05) is 11.4 Å². The highest BCUT2D eigenvalue weighted by atomic mass is 32.1. The molecule has 3 heteroatoms. The molecule has 0 aliphatic rings. The largest absolute Gasteiger partial charge is 0.299 e.